The van der Waals surface area contributed by atoms with E-state index in [0.717, 1.165) is 42.5 Å². The molecule has 6 nitrogen and oxygen atoms in total. The van der Waals surface area contributed by atoms with Crippen LogP contribution in [0, 0.1) is 11.8 Å². The Labute approximate surface area is 180 Å². The fourth-order valence-corrected chi connectivity index (χ4v) is 4.85. The van der Waals surface area contributed by atoms with Crippen LogP contribution in [0.5, 0.6) is 0 Å². The zero-order chi connectivity index (χ0) is 21.5. The molecule has 6 heteroatoms. The molecule has 2 atom stereocenters. The molecule has 30 heavy (non-hydrogen) atoms. The van der Waals surface area contributed by atoms with Crippen molar-refractivity contribution in [3.8, 4) is 0 Å². The number of amides is 2. The number of aliphatic hydroxyl groups is 1. The van der Waals surface area contributed by atoms with Crippen LogP contribution in [0.1, 0.15) is 50.5 Å². The van der Waals surface area contributed by atoms with Crippen molar-refractivity contribution in [1.29, 1.82) is 0 Å². The lowest BCUT2D eigenvalue weighted by Crippen LogP contribution is -2.32. The average molecular weight is 416 g/mol. The fourth-order valence-electron chi connectivity index (χ4n) is 4.85. The molecular weight excluding hydrogens is 378 g/mol. The Morgan fingerprint density at radius 2 is 1.67 bits per heavy atom. The molecule has 0 spiro atoms. The Morgan fingerprint density at radius 1 is 1.00 bits per heavy atom. The fraction of sp³-hybridized carbons (Fsp3) is 0.667. The predicted octanol–water partition coefficient (Wildman–Crippen LogP) is 2.89. The van der Waals surface area contributed by atoms with E-state index in [0.29, 0.717) is 19.4 Å². The van der Waals surface area contributed by atoms with Crippen molar-refractivity contribution in [2.75, 3.05) is 45.2 Å². The number of carbonyl (C=O) groups excluding carboxylic acids is 2. The van der Waals surface area contributed by atoms with Crippen molar-refractivity contribution in [1.82, 2.24) is 9.80 Å². The van der Waals surface area contributed by atoms with E-state index in [1.807, 2.05) is 36.2 Å². The maximum absolute atomic E-state index is 12.4. The number of hydrogen-bond acceptors (Lipinski definition) is 4. The van der Waals surface area contributed by atoms with E-state index in [-0.39, 0.29) is 18.4 Å². The predicted molar refractivity (Wildman–Crippen MR) is 119 cm³/mol. The minimum absolute atomic E-state index is 0.00322. The molecule has 2 fully saturated rings. The van der Waals surface area contributed by atoms with Gasteiger partial charge in [-0.1, -0.05) is 18.6 Å². The molecule has 0 radical (unpaired) electrons. The van der Waals surface area contributed by atoms with Gasteiger partial charge in [-0.25, -0.2) is 0 Å². The molecule has 0 bridgehead atoms. The van der Waals surface area contributed by atoms with Crippen molar-refractivity contribution >= 4 is 17.5 Å². The first-order valence-electron chi connectivity index (χ1n) is 11.4. The van der Waals surface area contributed by atoms with E-state index in [1.54, 1.807) is 11.9 Å². The molecule has 2 amide bonds. The molecule has 1 saturated carbocycles. The molecule has 2 aliphatic rings. The summed E-state index contributed by atoms with van der Waals surface area (Å²) in [5.41, 5.74) is 1.66. The number of carbonyl (C=O) groups is 2. The summed E-state index contributed by atoms with van der Waals surface area (Å²) >= 11 is 0. The summed E-state index contributed by atoms with van der Waals surface area (Å²) in [5, 5.41) is 9.11. The number of likely N-dealkylation sites (tertiary alicyclic amines) is 1. The highest BCUT2D eigenvalue weighted by Crippen LogP contribution is 2.37. The lowest BCUT2D eigenvalue weighted by molar-refractivity contribution is -0.130. The molecule has 2 unspecified atom stereocenters. The van der Waals surface area contributed by atoms with Crippen LogP contribution in [0.4, 0.5) is 5.69 Å². The molecular formula is C24H37N3O3. The Hall–Kier alpha value is -1.92. The standard InChI is InChI=1S/C24H37N3O3/c1-25(23(29)13-15-27-16-20-6-5-7-21(20)17-27)14-4-3-8-24(30)26(2)22-11-9-19(18-28)10-12-22/h9-12,20-21,28H,3-8,13-18H2,1-2H3. The van der Waals surface area contributed by atoms with Crippen LogP contribution in [-0.2, 0) is 16.2 Å². The summed E-state index contributed by atoms with van der Waals surface area (Å²) < 4.78 is 0. The molecule has 1 N–H and O–H groups in total. The van der Waals surface area contributed by atoms with Crippen molar-refractivity contribution in [3.63, 3.8) is 0 Å². The van der Waals surface area contributed by atoms with Gasteiger partial charge in [0.2, 0.25) is 11.8 Å². The van der Waals surface area contributed by atoms with Gasteiger partial charge in [-0.15, -0.1) is 0 Å². The quantitative estimate of drug-likeness (QED) is 0.597. The molecule has 1 aromatic carbocycles. The number of rotatable bonds is 10. The van der Waals surface area contributed by atoms with Gasteiger partial charge in [0.05, 0.1) is 6.61 Å². The summed E-state index contributed by atoms with van der Waals surface area (Å²) in [5.74, 6) is 2.03. The number of fused-ring (bicyclic) bond motifs is 1. The van der Waals surface area contributed by atoms with Gasteiger partial charge >= 0.3 is 0 Å². The number of hydrogen-bond donors (Lipinski definition) is 1. The Bertz CT molecular complexity index is 694. The van der Waals surface area contributed by atoms with Crippen molar-refractivity contribution in [3.05, 3.63) is 29.8 Å². The van der Waals surface area contributed by atoms with Crippen LogP contribution < -0.4 is 4.90 Å². The zero-order valence-electron chi connectivity index (χ0n) is 18.6. The van der Waals surface area contributed by atoms with Gasteiger partial charge in [-0.2, -0.15) is 0 Å². The van der Waals surface area contributed by atoms with E-state index in [2.05, 4.69) is 4.90 Å². The van der Waals surface area contributed by atoms with Crippen LogP contribution in [0.15, 0.2) is 24.3 Å². The second-order valence-electron chi connectivity index (χ2n) is 9.01. The Balaban J connectivity index is 1.29. The molecule has 1 aromatic rings. The number of aliphatic hydroxyl groups excluding tert-OH is 1. The zero-order valence-corrected chi connectivity index (χ0v) is 18.6. The summed E-state index contributed by atoms with van der Waals surface area (Å²) in [7, 11) is 3.65. The first kappa shape index (κ1) is 22.8. The highest BCUT2D eigenvalue weighted by Gasteiger charge is 2.35. The number of unbranched alkanes of at least 4 members (excludes halogenated alkanes) is 1. The Kier molecular flexibility index (Phi) is 8.28. The van der Waals surface area contributed by atoms with E-state index in [4.69, 9.17) is 5.11 Å². The molecule has 3 rings (SSSR count). The normalized spacial score (nSPS) is 20.9. The van der Waals surface area contributed by atoms with Gasteiger partial charge in [-0.05, 0) is 55.2 Å². The monoisotopic (exact) mass is 415 g/mol. The van der Waals surface area contributed by atoms with Gasteiger partial charge in [0, 0.05) is 58.8 Å². The van der Waals surface area contributed by atoms with Crippen molar-refractivity contribution in [2.24, 2.45) is 11.8 Å². The van der Waals surface area contributed by atoms with E-state index >= 15 is 0 Å². The third-order valence-corrected chi connectivity index (χ3v) is 6.88. The van der Waals surface area contributed by atoms with Gasteiger partial charge in [-0.3, -0.25) is 9.59 Å². The van der Waals surface area contributed by atoms with Crippen LogP contribution in [-0.4, -0.2) is 67.0 Å². The van der Waals surface area contributed by atoms with Gasteiger partial charge in [0.25, 0.3) is 0 Å². The molecule has 1 saturated heterocycles. The minimum atomic E-state index is 0.00322. The molecule has 1 heterocycles. The van der Waals surface area contributed by atoms with Gasteiger partial charge < -0.3 is 19.8 Å². The smallest absolute Gasteiger partial charge is 0.226 e. The van der Waals surface area contributed by atoms with Crippen LogP contribution >= 0.6 is 0 Å². The minimum Gasteiger partial charge on any atom is -0.392 e. The highest BCUT2D eigenvalue weighted by atomic mass is 16.3. The SMILES string of the molecule is CN(CCCCC(=O)N(C)c1ccc(CO)cc1)C(=O)CCN1CC2CCCC2C1. The van der Waals surface area contributed by atoms with Gasteiger partial charge in [0.15, 0.2) is 0 Å². The third-order valence-electron chi connectivity index (χ3n) is 6.88. The van der Waals surface area contributed by atoms with Crippen LogP contribution in [0.3, 0.4) is 0 Å². The average Bonchev–Trinajstić information content (AvgIpc) is 3.36. The third kappa shape index (κ3) is 6.05. The second kappa shape index (κ2) is 10.9. The molecule has 166 valence electrons. The van der Waals surface area contributed by atoms with Crippen LogP contribution in [0.25, 0.3) is 0 Å². The summed E-state index contributed by atoms with van der Waals surface area (Å²) in [6.07, 6.45) is 6.80. The largest absolute Gasteiger partial charge is 0.392 e. The second-order valence-corrected chi connectivity index (χ2v) is 9.01. The highest BCUT2D eigenvalue weighted by molar-refractivity contribution is 5.92. The molecule has 1 aliphatic heterocycles. The molecule has 1 aliphatic carbocycles. The first-order valence-corrected chi connectivity index (χ1v) is 11.4. The number of anilines is 1. The topological polar surface area (TPSA) is 64.1 Å². The maximum atomic E-state index is 12.4. The number of nitrogens with zero attached hydrogens (tertiary/aromatic N) is 3. The summed E-state index contributed by atoms with van der Waals surface area (Å²) in [6, 6.07) is 7.36. The van der Waals surface area contributed by atoms with E-state index in [9.17, 15) is 9.59 Å². The summed E-state index contributed by atoms with van der Waals surface area (Å²) in [4.78, 5) is 30.8. The molecule has 0 aromatic heterocycles. The van der Waals surface area contributed by atoms with E-state index < -0.39 is 0 Å². The van der Waals surface area contributed by atoms with Gasteiger partial charge in [0.1, 0.15) is 0 Å². The van der Waals surface area contributed by atoms with Crippen molar-refractivity contribution in [2.45, 2.75) is 51.6 Å². The summed E-state index contributed by atoms with van der Waals surface area (Å²) in [6.45, 7) is 3.95. The first-order chi connectivity index (χ1) is 14.5. The van der Waals surface area contributed by atoms with Crippen LogP contribution in [0.2, 0.25) is 0 Å². The van der Waals surface area contributed by atoms with E-state index in [1.165, 1.54) is 32.4 Å². The lowest BCUT2D eigenvalue weighted by Gasteiger charge is -2.21. The number of benzene rings is 1. The Morgan fingerprint density at radius 3 is 2.30 bits per heavy atom. The lowest BCUT2D eigenvalue weighted by atomic mass is 10.0. The van der Waals surface area contributed by atoms with Crippen molar-refractivity contribution < 1.29 is 14.7 Å². The maximum Gasteiger partial charge on any atom is 0.226 e.